The fourth-order valence-electron chi connectivity index (χ4n) is 5.19. The third kappa shape index (κ3) is 4.78. The lowest BCUT2D eigenvalue weighted by Gasteiger charge is -2.33. The number of nitrogens with two attached hydrogens (primary N) is 1. The molecule has 35 heavy (non-hydrogen) atoms. The van der Waals surface area contributed by atoms with Crippen LogP contribution in [0.15, 0.2) is 97.1 Å². The molecule has 0 radical (unpaired) electrons. The van der Waals surface area contributed by atoms with Crippen LogP contribution in [0.4, 0.5) is 0 Å². The predicted molar refractivity (Wildman–Crippen MR) is 141 cm³/mol. The Morgan fingerprint density at radius 2 is 1.60 bits per heavy atom. The number of rotatable bonds is 7. The highest BCUT2D eigenvalue weighted by atomic mass is 16.5. The van der Waals surface area contributed by atoms with Crippen LogP contribution in [0.25, 0.3) is 10.8 Å². The average Bonchev–Trinajstić information content (AvgIpc) is 2.92. The van der Waals surface area contributed by atoms with Gasteiger partial charge in [-0.05, 0) is 59.0 Å². The van der Waals surface area contributed by atoms with Gasteiger partial charge in [-0.3, -0.25) is 4.79 Å². The molecule has 1 saturated heterocycles. The van der Waals surface area contributed by atoms with Crippen molar-refractivity contribution in [3.63, 3.8) is 0 Å². The third-order valence-corrected chi connectivity index (χ3v) is 7.28. The highest BCUT2D eigenvalue weighted by Crippen LogP contribution is 2.33. The highest BCUT2D eigenvalue weighted by Gasteiger charge is 2.35. The summed E-state index contributed by atoms with van der Waals surface area (Å²) in [5, 5.41) is 5.96. The summed E-state index contributed by atoms with van der Waals surface area (Å²) < 4.78 is 6.45. The Morgan fingerprint density at radius 3 is 2.34 bits per heavy atom. The molecular formula is C31H32N2O2. The zero-order valence-electron chi connectivity index (χ0n) is 20.1. The first-order valence-corrected chi connectivity index (χ1v) is 12.3. The van der Waals surface area contributed by atoms with E-state index in [9.17, 15) is 4.79 Å². The van der Waals surface area contributed by atoms with Gasteiger partial charge in [-0.1, -0.05) is 91.0 Å². The molecule has 1 aliphatic rings. The minimum absolute atomic E-state index is 0.0742. The molecule has 1 fully saturated rings. The van der Waals surface area contributed by atoms with E-state index < -0.39 is 5.54 Å². The number of piperidine rings is 1. The number of carbonyl (C=O) groups is 1. The molecule has 0 spiro atoms. The Kier molecular flexibility index (Phi) is 6.78. The SMILES string of the molecule is CC(=O)C(N)(c1ccccc1)c1ccc(C2CCNCC2OCc2ccc3ccccc3c2)cc1. The maximum atomic E-state index is 12.7. The molecule has 3 atom stereocenters. The van der Waals surface area contributed by atoms with Crippen LogP contribution in [0.3, 0.4) is 0 Å². The van der Waals surface area contributed by atoms with Gasteiger partial charge in [0.15, 0.2) is 5.78 Å². The Bertz CT molecular complexity index is 1300. The summed E-state index contributed by atoms with van der Waals surface area (Å²) in [5.41, 5.74) is 9.57. The lowest BCUT2D eigenvalue weighted by atomic mass is 9.79. The van der Waals surface area contributed by atoms with Crippen molar-refractivity contribution in [1.29, 1.82) is 0 Å². The fourth-order valence-corrected chi connectivity index (χ4v) is 5.19. The first-order chi connectivity index (χ1) is 17.1. The quantitative estimate of drug-likeness (QED) is 0.390. The van der Waals surface area contributed by atoms with Crippen LogP contribution in [-0.2, 0) is 21.7 Å². The van der Waals surface area contributed by atoms with Crippen LogP contribution in [-0.4, -0.2) is 25.0 Å². The molecule has 4 nitrogen and oxygen atoms in total. The molecule has 0 amide bonds. The molecule has 5 rings (SSSR count). The number of nitrogens with one attached hydrogen (secondary N) is 1. The number of carbonyl (C=O) groups excluding carboxylic acids is 1. The Labute approximate surface area is 207 Å². The van der Waals surface area contributed by atoms with Crippen LogP contribution >= 0.6 is 0 Å². The van der Waals surface area contributed by atoms with Crippen molar-refractivity contribution < 1.29 is 9.53 Å². The Morgan fingerprint density at radius 1 is 0.914 bits per heavy atom. The molecule has 1 aliphatic heterocycles. The van der Waals surface area contributed by atoms with Gasteiger partial charge in [-0.2, -0.15) is 0 Å². The molecule has 0 bridgehead atoms. The fraction of sp³-hybridized carbons (Fsp3) is 0.258. The summed E-state index contributed by atoms with van der Waals surface area (Å²) in [6, 6.07) is 32.8. The van der Waals surface area contributed by atoms with Gasteiger partial charge in [-0.25, -0.2) is 0 Å². The van der Waals surface area contributed by atoms with Crippen LogP contribution < -0.4 is 11.1 Å². The van der Waals surface area contributed by atoms with Crippen molar-refractivity contribution in [1.82, 2.24) is 5.32 Å². The number of Topliss-reactive ketones (excluding diaryl/α,β-unsaturated/α-hetero) is 1. The zero-order chi connectivity index (χ0) is 24.3. The van der Waals surface area contributed by atoms with Gasteiger partial charge >= 0.3 is 0 Å². The lowest BCUT2D eigenvalue weighted by molar-refractivity contribution is -0.120. The largest absolute Gasteiger partial charge is 0.372 e. The minimum atomic E-state index is -1.15. The van der Waals surface area contributed by atoms with Gasteiger partial charge in [-0.15, -0.1) is 0 Å². The first kappa shape index (κ1) is 23.4. The molecule has 178 valence electrons. The van der Waals surface area contributed by atoms with Crippen molar-refractivity contribution in [2.75, 3.05) is 13.1 Å². The normalized spacial score (nSPS) is 19.8. The van der Waals surface area contributed by atoms with E-state index in [2.05, 4.69) is 59.9 Å². The topological polar surface area (TPSA) is 64.4 Å². The summed E-state index contributed by atoms with van der Waals surface area (Å²) in [5.74, 6) is 0.210. The molecule has 3 N–H and O–H groups in total. The molecule has 0 saturated carbocycles. The molecule has 0 aromatic heterocycles. The second kappa shape index (κ2) is 10.1. The van der Waals surface area contributed by atoms with E-state index >= 15 is 0 Å². The number of fused-ring (bicyclic) bond motifs is 1. The van der Waals surface area contributed by atoms with E-state index in [1.165, 1.54) is 21.9 Å². The summed E-state index contributed by atoms with van der Waals surface area (Å²) >= 11 is 0. The van der Waals surface area contributed by atoms with E-state index in [4.69, 9.17) is 10.5 Å². The molecule has 1 heterocycles. The zero-order valence-corrected chi connectivity index (χ0v) is 20.1. The van der Waals surface area contributed by atoms with Crippen molar-refractivity contribution in [3.8, 4) is 0 Å². The van der Waals surface area contributed by atoms with Crippen molar-refractivity contribution in [2.45, 2.75) is 37.5 Å². The number of hydrogen-bond acceptors (Lipinski definition) is 4. The highest BCUT2D eigenvalue weighted by molar-refractivity contribution is 5.91. The minimum Gasteiger partial charge on any atom is -0.372 e. The predicted octanol–water partition coefficient (Wildman–Crippen LogP) is 5.29. The lowest BCUT2D eigenvalue weighted by Crippen LogP contribution is -2.44. The number of benzene rings is 4. The second-order valence-electron chi connectivity index (χ2n) is 9.48. The average molecular weight is 465 g/mol. The maximum Gasteiger partial charge on any atom is 0.158 e. The summed E-state index contributed by atoms with van der Waals surface area (Å²) in [7, 11) is 0. The van der Waals surface area contributed by atoms with E-state index in [1.54, 1.807) is 6.92 Å². The van der Waals surface area contributed by atoms with Crippen molar-refractivity contribution in [2.24, 2.45) is 5.73 Å². The van der Waals surface area contributed by atoms with Gasteiger partial charge in [0.2, 0.25) is 0 Å². The standard InChI is InChI=1S/C31H32N2O2/c1-22(34)31(32,27-9-3-2-4-10-27)28-15-13-25(14-16-28)29-17-18-33-20-30(29)35-21-23-11-12-24-7-5-6-8-26(24)19-23/h2-16,19,29-30,33H,17-18,20-21,32H2,1H3. The molecule has 4 aromatic carbocycles. The number of ketones is 1. The molecular weight excluding hydrogens is 432 g/mol. The summed E-state index contributed by atoms with van der Waals surface area (Å²) in [6.07, 6.45) is 1.08. The third-order valence-electron chi connectivity index (χ3n) is 7.28. The monoisotopic (exact) mass is 464 g/mol. The van der Waals surface area contributed by atoms with E-state index in [0.29, 0.717) is 6.61 Å². The summed E-state index contributed by atoms with van der Waals surface area (Å²) in [6.45, 7) is 3.92. The van der Waals surface area contributed by atoms with Crippen molar-refractivity contribution >= 4 is 16.6 Å². The van der Waals surface area contributed by atoms with E-state index in [1.807, 2.05) is 42.5 Å². The maximum absolute atomic E-state index is 12.7. The first-order valence-electron chi connectivity index (χ1n) is 12.3. The van der Waals surface area contributed by atoms with Crippen LogP contribution in [0, 0.1) is 0 Å². The van der Waals surface area contributed by atoms with E-state index in [-0.39, 0.29) is 17.8 Å². The van der Waals surface area contributed by atoms with Crippen LogP contribution in [0.1, 0.15) is 41.5 Å². The van der Waals surface area contributed by atoms with Crippen LogP contribution in [0.2, 0.25) is 0 Å². The van der Waals surface area contributed by atoms with Gasteiger partial charge < -0.3 is 15.8 Å². The van der Waals surface area contributed by atoms with E-state index in [0.717, 1.165) is 30.6 Å². The molecule has 4 aromatic rings. The number of hydrogen-bond donors (Lipinski definition) is 2. The molecule has 4 heteroatoms. The van der Waals surface area contributed by atoms with Gasteiger partial charge in [0.25, 0.3) is 0 Å². The Balaban J connectivity index is 1.34. The summed E-state index contributed by atoms with van der Waals surface area (Å²) in [4.78, 5) is 12.7. The van der Waals surface area contributed by atoms with Gasteiger partial charge in [0, 0.05) is 12.5 Å². The molecule has 3 unspecified atom stereocenters. The second-order valence-corrected chi connectivity index (χ2v) is 9.48. The van der Waals surface area contributed by atoms with Crippen molar-refractivity contribution in [3.05, 3.63) is 119 Å². The van der Waals surface area contributed by atoms with Gasteiger partial charge in [0.1, 0.15) is 5.54 Å². The Hall–Kier alpha value is -3.31. The molecule has 0 aliphatic carbocycles. The van der Waals surface area contributed by atoms with Crippen LogP contribution in [0.5, 0.6) is 0 Å². The van der Waals surface area contributed by atoms with Gasteiger partial charge in [0.05, 0.1) is 12.7 Å². The number of ether oxygens (including phenoxy) is 1. The smallest absolute Gasteiger partial charge is 0.158 e.